The van der Waals surface area contributed by atoms with E-state index in [4.69, 9.17) is 34.4 Å². The van der Waals surface area contributed by atoms with Gasteiger partial charge in [-0.05, 0) is 134 Å². The van der Waals surface area contributed by atoms with Crippen molar-refractivity contribution in [1.29, 1.82) is 0 Å². The van der Waals surface area contributed by atoms with Crippen LogP contribution >= 0.6 is 0 Å². The normalized spacial score (nSPS) is 14.9. The summed E-state index contributed by atoms with van der Waals surface area (Å²) in [5, 5.41) is 44.6. The highest BCUT2D eigenvalue weighted by Crippen LogP contribution is 2.20. The summed E-state index contributed by atoms with van der Waals surface area (Å²) < 4.78 is 0. The summed E-state index contributed by atoms with van der Waals surface area (Å²) in [5.41, 5.74) is 36.3. The fourth-order valence-electron chi connectivity index (χ4n) is 9.32. The van der Waals surface area contributed by atoms with Crippen LogP contribution in [0.3, 0.4) is 0 Å². The van der Waals surface area contributed by atoms with E-state index in [1.807, 2.05) is 30.3 Å². The molecule has 29 heteroatoms. The number of guanidine groups is 1. The van der Waals surface area contributed by atoms with Crippen molar-refractivity contribution in [1.82, 2.24) is 52.8 Å². The number of nitrogens with two attached hydrogens (primary N) is 6. The van der Waals surface area contributed by atoms with Crippen molar-refractivity contribution in [2.75, 3.05) is 32.8 Å². The molecule has 0 spiro atoms. The lowest BCUT2D eigenvalue weighted by Crippen LogP contribution is -2.61. The number of H-pyrrole nitrogens is 1. The Morgan fingerprint density at radius 2 is 0.955 bits per heavy atom. The number of aliphatic hydroxyl groups excluding tert-OH is 1. The van der Waals surface area contributed by atoms with Gasteiger partial charge in [0, 0.05) is 30.1 Å². The van der Waals surface area contributed by atoms with Crippen molar-refractivity contribution in [3.63, 3.8) is 0 Å². The van der Waals surface area contributed by atoms with Crippen LogP contribution in [0.2, 0.25) is 0 Å². The number of aliphatic carboxylic acids is 1. The molecule has 1 aromatic heterocycles. The number of aromatic amines is 1. The fourth-order valence-corrected chi connectivity index (χ4v) is 9.32. The molecule has 24 N–H and O–H groups in total. The van der Waals surface area contributed by atoms with Gasteiger partial charge in [-0.2, -0.15) is 0 Å². The number of aromatic nitrogens is 1. The zero-order valence-electron chi connectivity index (χ0n) is 50.9. The van der Waals surface area contributed by atoms with Crippen LogP contribution in [-0.4, -0.2) is 173 Å². The lowest BCUT2D eigenvalue weighted by molar-refractivity contribution is -0.142. The van der Waals surface area contributed by atoms with Crippen LogP contribution in [0.4, 0.5) is 0 Å². The first-order valence-corrected chi connectivity index (χ1v) is 30.1. The first kappa shape index (κ1) is 74.0. The third-order valence-electron chi connectivity index (χ3n) is 14.8. The van der Waals surface area contributed by atoms with E-state index in [0.29, 0.717) is 68.0 Å². The number of hydrogen-bond donors (Lipinski definition) is 18. The first-order valence-electron chi connectivity index (χ1n) is 30.1. The zero-order chi connectivity index (χ0) is 65.3. The second-order valence-corrected chi connectivity index (χ2v) is 21.9. The van der Waals surface area contributed by atoms with Crippen molar-refractivity contribution in [2.24, 2.45) is 45.3 Å². The molecule has 0 saturated carbocycles. The number of nitrogens with zero attached hydrogens (tertiary/aromatic N) is 1. The molecule has 3 aromatic rings. The Morgan fingerprint density at radius 1 is 0.511 bits per heavy atom. The van der Waals surface area contributed by atoms with Gasteiger partial charge in [0.2, 0.25) is 53.2 Å². The molecule has 0 fully saturated rings. The average Bonchev–Trinajstić information content (AvgIpc) is 4.01. The quantitative estimate of drug-likeness (QED) is 0.0155. The number of amides is 9. The number of aliphatic hydroxyl groups is 1. The number of carbonyl (C=O) groups excluding carboxylic acids is 9. The Kier molecular flexibility index (Phi) is 33.2. The number of carbonyl (C=O) groups is 10. The fraction of sp³-hybridized carbons (Fsp3) is 0.576. The molecular weight excluding hydrogens is 1140 g/mol. The largest absolute Gasteiger partial charge is 0.480 e. The van der Waals surface area contributed by atoms with Crippen LogP contribution in [0.5, 0.6) is 0 Å². The topological polar surface area (TPSA) is 504 Å². The number of carboxylic acid groups (broad SMARTS) is 1. The molecule has 1 heterocycles. The number of unbranched alkanes of at least 4 members (excludes halogenated alkanes) is 3. The highest BCUT2D eigenvalue weighted by molar-refractivity contribution is 5.99. The van der Waals surface area contributed by atoms with E-state index in [1.165, 1.54) is 13.8 Å². The standard InChI is InChI=1S/C59H95N17O12/c1-5-34(2)48(76-50(79)36(4)68-51(80)40(63)30-37-18-7-6-8-19-37)57(86)72-43(23-12-15-27-61)54(83)75-47(33-77)56(85)74-46(31-38-32-67-41-21-10-9-20-39(38)41)55(84)69-35(3)49(78)70-42(22-11-14-26-60)52(81)71-44(25-17-29-66-59(64)65)53(82)73-45(58(87)88)24-13-16-28-62/h6-10,18-21,32,34-36,40,42-48,67,77H,5,11-17,22-31,33,60-63H2,1-4H3,(H,68,80)(H,69,84)(H,70,78)(H,71,81)(H,72,86)(H,73,82)(H,74,85)(H,75,83)(H,76,79)(H,87,88)(H4,64,65,66)/t34-,35-,36-,40-,42-,43-,44-,45-,46-,47-,48-/m0/s1. The summed E-state index contributed by atoms with van der Waals surface area (Å²) in [5.74, 6) is -9.29. The maximum atomic E-state index is 14.4. The van der Waals surface area contributed by atoms with Crippen molar-refractivity contribution >= 4 is 76.0 Å². The van der Waals surface area contributed by atoms with Gasteiger partial charge < -0.3 is 97.5 Å². The highest BCUT2D eigenvalue weighted by Gasteiger charge is 2.36. The van der Waals surface area contributed by atoms with Gasteiger partial charge in [-0.3, -0.25) is 48.1 Å². The molecule has 0 radical (unpaired) electrons. The molecule has 0 aliphatic heterocycles. The minimum absolute atomic E-state index is 0.0162. The molecule has 0 aliphatic rings. The summed E-state index contributed by atoms with van der Waals surface area (Å²) in [6.07, 6.45) is 4.80. The summed E-state index contributed by atoms with van der Waals surface area (Å²) in [6.45, 7) is 6.18. The van der Waals surface area contributed by atoms with E-state index in [0.717, 1.165) is 5.56 Å². The number of aliphatic imine (C=N–C) groups is 1. The Balaban J connectivity index is 1.86. The Labute approximate surface area is 513 Å². The Bertz CT molecular complexity index is 2760. The van der Waals surface area contributed by atoms with Gasteiger partial charge in [0.05, 0.1) is 12.6 Å². The molecular formula is C59H95N17O12. The van der Waals surface area contributed by atoms with E-state index in [-0.39, 0.29) is 70.5 Å². The van der Waals surface area contributed by atoms with Crippen LogP contribution < -0.4 is 82.3 Å². The third-order valence-corrected chi connectivity index (χ3v) is 14.8. The molecule has 0 saturated heterocycles. The number of benzene rings is 2. The van der Waals surface area contributed by atoms with Crippen LogP contribution in [0, 0.1) is 5.92 Å². The number of nitrogens with one attached hydrogen (secondary N) is 10. The van der Waals surface area contributed by atoms with Crippen molar-refractivity contribution < 1.29 is 58.2 Å². The van der Waals surface area contributed by atoms with Crippen molar-refractivity contribution in [2.45, 2.75) is 178 Å². The van der Waals surface area contributed by atoms with Gasteiger partial charge in [-0.1, -0.05) is 68.8 Å². The monoisotopic (exact) mass is 1230 g/mol. The predicted octanol–water partition coefficient (Wildman–Crippen LogP) is -2.75. The molecule has 0 bridgehead atoms. The minimum Gasteiger partial charge on any atom is -0.480 e. The van der Waals surface area contributed by atoms with Crippen LogP contribution in [-0.2, 0) is 60.8 Å². The molecule has 0 aliphatic carbocycles. The molecule has 9 amide bonds. The van der Waals surface area contributed by atoms with Crippen LogP contribution in [0.1, 0.15) is 116 Å². The van der Waals surface area contributed by atoms with E-state index in [2.05, 4.69) is 57.8 Å². The summed E-state index contributed by atoms with van der Waals surface area (Å²) in [6, 6.07) is 3.12. The molecule has 0 unspecified atom stereocenters. The Hall–Kier alpha value is -8.25. The number of hydrogen-bond acceptors (Lipinski definition) is 16. The van der Waals surface area contributed by atoms with Gasteiger partial charge in [0.25, 0.3) is 0 Å². The van der Waals surface area contributed by atoms with E-state index < -0.39 is 132 Å². The van der Waals surface area contributed by atoms with Crippen molar-refractivity contribution in [3.05, 3.63) is 71.9 Å². The lowest BCUT2D eigenvalue weighted by atomic mass is 9.97. The molecule has 88 heavy (non-hydrogen) atoms. The molecule has 29 nitrogen and oxygen atoms in total. The zero-order valence-corrected chi connectivity index (χ0v) is 50.9. The second-order valence-electron chi connectivity index (χ2n) is 21.9. The lowest BCUT2D eigenvalue weighted by Gasteiger charge is -2.29. The molecule has 2 aromatic carbocycles. The number of fused-ring (bicyclic) bond motifs is 1. The van der Waals surface area contributed by atoms with Crippen molar-refractivity contribution in [3.8, 4) is 0 Å². The summed E-state index contributed by atoms with van der Waals surface area (Å²) >= 11 is 0. The second kappa shape index (κ2) is 39.5. The molecule has 11 atom stereocenters. The molecule has 3 rings (SSSR count). The predicted molar refractivity (Wildman–Crippen MR) is 332 cm³/mol. The summed E-state index contributed by atoms with van der Waals surface area (Å²) in [7, 11) is 0. The number of para-hydroxylation sites is 1. The maximum Gasteiger partial charge on any atom is 0.326 e. The van der Waals surface area contributed by atoms with Gasteiger partial charge >= 0.3 is 5.97 Å². The average molecular weight is 1230 g/mol. The van der Waals surface area contributed by atoms with Gasteiger partial charge in [0.15, 0.2) is 5.96 Å². The van der Waals surface area contributed by atoms with E-state index >= 15 is 0 Å². The number of carboxylic acids is 1. The third kappa shape index (κ3) is 25.6. The number of rotatable bonds is 42. The van der Waals surface area contributed by atoms with Crippen LogP contribution in [0.15, 0.2) is 65.8 Å². The van der Waals surface area contributed by atoms with Gasteiger partial charge in [0.1, 0.15) is 54.4 Å². The summed E-state index contributed by atoms with van der Waals surface area (Å²) in [4.78, 5) is 144. The highest BCUT2D eigenvalue weighted by atomic mass is 16.4. The minimum atomic E-state index is -1.71. The first-order chi connectivity index (χ1) is 42.0. The Morgan fingerprint density at radius 3 is 1.49 bits per heavy atom. The maximum absolute atomic E-state index is 14.4. The SMILES string of the molecule is CC[C@H](C)[C@H](NC(=O)[C@H](C)NC(=O)[C@@H](N)Cc1ccccc1)C(=O)N[C@@H](CCCCN)C(=O)N[C@@H](CO)C(=O)N[C@@H](Cc1c[nH]c2ccccc12)C(=O)N[C@@H](C)C(=O)N[C@@H](CCCCN)C(=O)N[C@@H](CCCN=C(N)N)C(=O)N[C@@H](CCCCN)C(=O)O. The molecule has 488 valence electrons. The smallest absolute Gasteiger partial charge is 0.326 e. The van der Waals surface area contributed by atoms with Gasteiger partial charge in [-0.15, -0.1) is 0 Å². The van der Waals surface area contributed by atoms with Gasteiger partial charge in [-0.25, -0.2) is 4.79 Å². The van der Waals surface area contributed by atoms with E-state index in [1.54, 1.807) is 44.3 Å². The van der Waals surface area contributed by atoms with Crippen LogP contribution in [0.25, 0.3) is 10.9 Å². The van der Waals surface area contributed by atoms with E-state index in [9.17, 15) is 58.2 Å².